The van der Waals surface area contributed by atoms with Crippen LogP contribution in [0.15, 0.2) is 24.3 Å². The van der Waals surface area contributed by atoms with Crippen LogP contribution in [-0.4, -0.2) is 4.98 Å². The number of nitrogens with zero attached hydrogens (tertiary/aromatic N) is 2. The summed E-state index contributed by atoms with van der Waals surface area (Å²) in [5.74, 6) is 0.628. The first-order chi connectivity index (χ1) is 9.01. The van der Waals surface area contributed by atoms with Crippen LogP contribution in [-0.2, 0) is 0 Å². The van der Waals surface area contributed by atoms with E-state index in [2.05, 4.69) is 42.4 Å². The molecule has 3 nitrogen and oxygen atoms in total. The third-order valence-corrected chi connectivity index (χ3v) is 3.23. The number of aromatic nitrogens is 1. The predicted octanol–water partition coefficient (Wildman–Crippen LogP) is 3.93. The Morgan fingerprint density at radius 1 is 1.00 bits per heavy atom. The van der Waals surface area contributed by atoms with Gasteiger partial charge in [-0.15, -0.1) is 0 Å². The number of hydrogen-bond donors (Lipinski definition) is 1. The first kappa shape index (κ1) is 13.1. The van der Waals surface area contributed by atoms with Crippen molar-refractivity contribution in [2.75, 3.05) is 5.32 Å². The van der Waals surface area contributed by atoms with Gasteiger partial charge >= 0.3 is 0 Å². The molecule has 2 aromatic rings. The van der Waals surface area contributed by atoms with Gasteiger partial charge in [0.2, 0.25) is 0 Å². The highest BCUT2D eigenvalue weighted by Gasteiger charge is 2.09. The third kappa shape index (κ3) is 2.74. The molecule has 0 radical (unpaired) electrons. The standard InChI is InChI=1S/C16H17N3/c1-10-5-6-14(8-11(10)2)19-16-15(9-17)12(3)7-13(4)18-16/h5-8H,1-4H3,(H,18,19). The Labute approximate surface area is 113 Å². The second-order valence-corrected chi connectivity index (χ2v) is 4.84. The van der Waals surface area contributed by atoms with Crippen molar-refractivity contribution in [3.05, 3.63) is 52.2 Å². The summed E-state index contributed by atoms with van der Waals surface area (Å²) in [6.07, 6.45) is 0. The lowest BCUT2D eigenvalue weighted by molar-refractivity contribution is 1.16. The summed E-state index contributed by atoms with van der Waals surface area (Å²) >= 11 is 0. The van der Waals surface area contributed by atoms with Crippen molar-refractivity contribution < 1.29 is 0 Å². The van der Waals surface area contributed by atoms with Crippen molar-refractivity contribution >= 4 is 11.5 Å². The molecule has 1 heterocycles. The number of aryl methyl sites for hydroxylation is 4. The molecule has 3 heteroatoms. The number of pyridine rings is 1. The molecule has 96 valence electrons. The largest absolute Gasteiger partial charge is 0.339 e. The Morgan fingerprint density at radius 2 is 1.74 bits per heavy atom. The molecule has 2 rings (SSSR count). The minimum atomic E-state index is 0.601. The van der Waals surface area contributed by atoms with Crippen LogP contribution in [0.2, 0.25) is 0 Å². The van der Waals surface area contributed by atoms with Gasteiger partial charge in [-0.05, 0) is 62.6 Å². The molecule has 0 fully saturated rings. The number of nitriles is 1. The monoisotopic (exact) mass is 251 g/mol. The summed E-state index contributed by atoms with van der Waals surface area (Å²) in [6.45, 7) is 8.01. The first-order valence-corrected chi connectivity index (χ1v) is 6.24. The van der Waals surface area contributed by atoms with E-state index >= 15 is 0 Å². The predicted molar refractivity (Wildman–Crippen MR) is 77.6 cm³/mol. The fourth-order valence-electron chi connectivity index (χ4n) is 2.02. The average Bonchev–Trinajstić information content (AvgIpc) is 2.33. The lowest BCUT2D eigenvalue weighted by Crippen LogP contribution is -2.01. The van der Waals surface area contributed by atoms with Gasteiger partial charge in [-0.25, -0.2) is 4.98 Å². The third-order valence-electron chi connectivity index (χ3n) is 3.23. The summed E-state index contributed by atoms with van der Waals surface area (Å²) in [7, 11) is 0. The van der Waals surface area contributed by atoms with E-state index in [-0.39, 0.29) is 0 Å². The Hall–Kier alpha value is -2.34. The second kappa shape index (κ2) is 5.11. The van der Waals surface area contributed by atoms with Gasteiger partial charge in [0.15, 0.2) is 0 Å². The lowest BCUT2D eigenvalue weighted by Gasteiger charge is -2.11. The van der Waals surface area contributed by atoms with Crippen LogP contribution in [0.4, 0.5) is 11.5 Å². The van der Waals surface area contributed by atoms with Gasteiger partial charge in [0.1, 0.15) is 11.9 Å². The van der Waals surface area contributed by atoms with E-state index in [1.807, 2.05) is 26.0 Å². The van der Waals surface area contributed by atoms with Gasteiger partial charge in [0, 0.05) is 11.4 Å². The summed E-state index contributed by atoms with van der Waals surface area (Å²) in [5, 5.41) is 12.5. The van der Waals surface area contributed by atoms with Gasteiger partial charge in [0.25, 0.3) is 0 Å². The summed E-state index contributed by atoms with van der Waals surface area (Å²) in [4.78, 5) is 4.42. The zero-order chi connectivity index (χ0) is 14.0. The lowest BCUT2D eigenvalue weighted by atomic mass is 10.1. The van der Waals surface area contributed by atoms with Crippen LogP contribution in [0, 0.1) is 39.0 Å². The molecule has 0 atom stereocenters. The van der Waals surface area contributed by atoms with E-state index in [0.717, 1.165) is 16.9 Å². The fourth-order valence-corrected chi connectivity index (χ4v) is 2.02. The van der Waals surface area contributed by atoms with E-state index in [0.29, 0.717) is 11.4 Å². The van der Waals surface area contributed by atoms with E-state index < -0.39 is 0 Å². The molecule has 0 unspecified atom stereocenters. The van der Waals surface area contributed by atoms with Gasteiger partial charge < -0.3 is 5.32 Å². The Morgan fingerprint density at radius 3 is 2.37 bits per heavy atom. The van der Waals surface area contributed by atoms with Crippen molar-refractivity contribution in [3.8, 4) is 6.07 Å². The van der Waals surface area contributed by atoms with Crippen molar-refractivity contribution in [2.24, 2.45) is 0 Å². The first-order valence-electron chi connectivity index (χ1n) is 6.24. The molecule has 1 N–H and O–H groups in total. The minimum absolute atomic E-state index is 0.601. The number of benzene rings is 1. The summed E-state index contributed by atoms with van der Waals surface area (Å²) in [6, 6.07) is 10.3. The Kier molecular flexibility index (Phi) is 3.52. The van der Waals surface area contributed by atoms with E-state index in [1.165, 1.54) is 11.1 Å². The van der Waals surface area contributed by atoms with Crippen LogP contribution in [0.3, 0.4) is 0 Å². The van der Waals surface area contributed by atoms with Crippen LogP contribution < -0.4 is 5.32 Å². The number of nitrogens with one attached hydrogen (secondary N) is 1. The maximum Gasteiger partial charge on any atom is 0.148 e. The number of rotatable bonds is 2. The second-order valence-electron chi connectivity index (χ2n) is 4.84. The quantitative estimate of drug-likeness (QED) is 0.879. The zero-order valence-corrected chi connectivity index (χ0v) is 11.7. The normalized spacial score (nSPS) is 10.1. The molecular formula is C16H17N3. The van der Waals surface area contributed by atoms with E-state index in [1.54, 1.807) is 0 Å². The van der Waals surface area contributed by atoms with Gasteiger partial charge in [-0.1, -0.05) is 6.07 Å². The van der Waals surface area contributed by atoms with Gasteiger partial charge in [-0.2, -0.15) is 5.26 Å². The topological polar surface area (TPSA) is 48.7 Å². The van der Waals surface area contributed by atoms with Crippen molar-refractivity contribution in [3.63, 3.8) is 0 Å². The molecule has 0 aliphatic rings. The SMILES string of the molecule is Cc1cc(C)c(C#N)c(Nc2ccc(C)c(C)c2)n1. The van der Waals surface area contributed by atoms with Crippen molar-refractivity contribution in [1.29, 1.82) is 5.26 Å². The van der Waals surface area contributed by atoms with Crippen molar-refractivity contribution in [2.45, 2.75) is 27.7 Å². The van der Waals surface area contributed by atoms with Gasteiger partial charge in [0.05, 0.1) is 5.56 Å². The number of hydrogen-bond acceptors (Lipinski definition) is 3. The van der Waals surface area contributed by atoms with Gasteiger partial charge in [-0.3, -0.25) is 0 Å². The maximum atomic E-state index is 9.24. The fraction of sp³-hybridized carbons (Fsp3) is 0.250. The molecule has 0 spiro atoms. The van der Waals surface area contributed by atoms with Crippen LogP contribution in [0.25, 0.3) is 0 Å². The highest BCUT2D eigenvalue weighted by molar-refractivity contribution is 5.65. The molecule has 19 heavy (non-hydrogen) atoms. The van der Waals surface area contributed by atoms with Crippen molar-refractivity contribution in [1.82, 2.24) is 4.98 Å². The van der Waals surface area contributed by atoms with Crippen LogP contribution >= 0.6 is 0 Å². The van der Waals surface area contributed by atoms with E-state index in [4.69, 9.17) is 0 Å². The zero-order valence-electron chi connectivity index (χ0n) is 11.7. The summed E-state index contributed by atoms with van der Waals surface area (Å²) in [5.41, 5.74) is 5.87. The minimum Gasteiger partial charge on any atom is -0.339 e. The number of anilines is 2. The maximum absolute atomic E-state index is 9.24. The molecule has 0 aliphatic heterocycles. The van der Waals surface area contributed by atoms with Crippen LogP contribution in [0.1, 0.15) is 27.9 Å². The summed E-state index contributed by atoms with van der Waals surface area (Å²) < 4.78 is 0. The Bertz CT molecular complexity index is 666. The highest BCUT2D eigenvalue weighted by Crippen LogP contribution is 2.23. The Balaban J connectivity index is 2.43. The highest BCUT2D eigenvalue weighted by atomic mass is 15.0. The smallest absolute Gasteiger partial charge is 0.148 e. The van der Waals surface area contributed by atoms with E-state index in [9.17, 15) is 5.26 Å². The molecule has 1 aromatic carbocycles. The molecule has 0 saturated carbocycles. The molecule has 0 saturated heterocycles. The molecule has 0 bridgehead atoms. The molecule has 1 aromatic heterocycles. The average molecular weight is 251 g/mol. The molecule has 0 aliphatic carbocycles. The molecular weight excluding hydrogens is 234 g/mol. The molecule has 0 amide bonds. The van der Waals surface area contributed by atoms with Crippen LogP contribution in [0.5, 0.6) is 0 Å².